The Hall–Kier alpha value is -2.45. The van der Waals surface area contributed by atoms with Crippen molar-refractivity contribution in [2.45, 2.75) is 19.5 Å². The minimum atomic E-state index is -4.25. The Kier molecular flexibility index (Phi) is 7.17. The fraction of sp³-hybridized carbons (Fsp3) is 0.429. The van der Waals surface area contributed by atoms with Crippen molar-refractivity contribution in [3.05, 3.63) is 24.3 Å². The molecule has 0 radical (unpaired) electrons. The van der Waals surface area contributed by atoms with E-state index in [0.29, 0.717) is 12.2 Å². The van der Waals surface area contributed by atoms with Crippen LogP contribution in [0.1, 0.15) is 13.3 Å². The molecule has 6 nitrogen and oxygen atoms in total. The average Bonchev–Trinajstić information content (AvgIpc) is 2.46. The average molecular weight is 332 g/mol. The maximum atomic E-state index is 12.1. The van der Waals surface area contributed by atoms with Crippen molar-refractivity contribution in [3.8, 4) is 5.75 Å². The minimum Gasteiger partial charge on any atom is -0.508 e. The number of phenols is 1. The molecule has 4 N–H and O–H groups in total. The first-order chi connectivity index (χ1) is 10.8. The lowest BCUT2D eigenvalue weighted by atomic mass is 10.3. The van der Waals surface area contributed by atoms with E-state index in [1.165, 1.54) is 24.3 Å². The van der Waals surface area contributed by atoms with E-state index in [0.717, 1.165) is 0 Å². The van der Waals surface area contributed by atoms with E-state index < -0.39 is 18.5 Å². The number of rotatable bonds is 6. The quantitative estimate of drug-likeness (QED) is 0.364. The van der Waals surface area contributed by atoms with Gasteiger partial charge >= 0.3 is 6.18 Å². The zero-order valence-electron chi connectivity index (χ0n) is 12.6. The molecule has 9 heteroatoms. The summed E-state index contributed by atoms with van der Waals surface area (Å²) in [5, 5.41) is 17.0. The number of carbonyl (C=O) groups is 1. The Labute approximate surface area is 131 Å². The number of aromatic hydroxyl groups is 1. The molecule has 1 rings (SSSR count). The van der Waals surface area contributed by atoms with E-state index in [1.807, 2.05) is 0 Å². The molecule has 0 saturated carbocycles. The predicted octanol–water partition coefficient (Wildman–Crippen LogP) is 1.84. The van der Waals surface area contributed by atoms with Crippen LogP contribution in [-0.4, -0.2) is 42.8 Å². The fourth-order valence-corrected chi connectivity index (χ4v) is 1.56. The van der Waals surface area contributed by atoms with Crippen LogP contribution in [0, 0.1) is 0 Å². The Morgan fingerprint density at radius 1 is 1.22 bits per heavy atom. The van der Waals surface area contributed by atoms with Gasteiger partial charge in [-0.3, -0.25) is 4.79 Å². The van der Waals surface area contributed by atoms with Crippen molar-refractivity contribution in [1.29, 1.82) is 0 Å². The number of amides is 1. The number of halogens is 3. The van der Waals surface area contributed by atoms with Crippen LogP contribution >= 0.6 is 0 Å². The number of guanidine groups is 1. The molecule has 0 aliphatic heterocycles. The van der Waals surface area contributed by atoms with Crippen molar-refractivity contribution in [2.75, 3.05) is 25.0 Å². The Balaban J connectivity index is 2.48. The largest absolute Gasteiger partial charge is 0.508 e. The summed E-state index contributed by atoms with van der Waals surface area (Å²) >= 11 is 0. The second kappa shape index (κ2) is 8.86. The molecular formula is C14H19F3N4O2. The van der Waals surface area contributed by atoms with Gasteiger partial charge in [0, 0.05) is 18.8 Å². The third-order valence-electron chi connectivity index (χ3n) is 2.58. The summed E-state index contributed by atoms with van der Waals surface area (Å²) in [5.74, 6) is -0.217. The van der Waals surface area contributed by atoms with Gasteiger partial charge in [0.15, 0.2) is 5.96 Å². The molecule has 0 bridgehead atoms. The van der Waals surface area contributed by atoms with Crippen molar-refractivity contribution >= 4 is 17.6 Å². The molecule has 1 aromatic carbocycles. The summed E-state index contributed by atoms with van der Waals surface area (Å²) in [5.41, 5.74) is 0.484. The highest BCUT2D eigenvalue weighted by atomic mass is 19.4. The topological polar surface area (TPSA) is 85.8 Å². The molecule has 0 aromatic heterocycles. The van der Waals surface area contributed by atoms with Gasteiger partial charge in [-0.2, -0.15) is 13.2 Å². The van der Waals surface area contributed by atoms with Gasteiger partial charge in [0.25, 0.3) is 0 Å². The van der Waals surface area contributed by atoms with Gasteiger partial charge in [0.2, 0.25) is 5.91 Å². The molecule has 0 spiro atoms. The number of benzene rings is 1. The number of hydrogen-bond donors (Lipinski definition) is 4. The smallest absolute Gasteiger partial charge is 0.390 e. The normalized spacial score (nSPS) is 11.9. The highest BCUT2D eigenvalue weighted by Crippen LogP contribution is 2.18. The predicted molar refractivity (Wildman–Crippen MR) is 81.4 cm³/mol. The Morgan fingerprint density at radius 3 is 2.43 bits per heavy atom. The summed E-state index contributed by atoms with van der Waals surface area (Å²) in [6.45, 7) is 1.64. The molecule has 0 atom stereocenters. The molecule has 0 unspecified atom stereocenters. The third kappa shape index (κ3) is 8.54. The molecule has 128 valence electrons. The number of phenolic OH excluding ortho intramolecular Hbond substituents is 1. The number of hydrogen-bond acceptors (Lipinski definition) is 3. The SMILES string of the molecule is CCNC(=NCC(=O)Nc1ccc(O)cc1)NCCC(F)(F)F. The number of aliphatic imine (C=N–C) groups is 1. The van der Waals surface area contributed by atoms with Gasteiger partial charge in [0.1, 0.15) is 12.3 Å². The lowest BCUT2D eigenvalue weighted by Gasteiger charge is -2.12. The highest BCUT2D eigenvalue weighted by molar-refractivity contribution is 5.94. The van der Waals surface area contributed by atoms with E-state index in [9.17, 15) is 18.0 Å². The molecule has 0 aliphatic rings. The van der Waals surface area contributed by atoms with E-state index in [1.54, 1.807) is 6.92 Å². The van der Waals surface area contributed by atoms with Gasteiger partial charge in [-0.25, -0.2) is 4.99 Å². The number of nitrogens with zero attached hydrogens (tertiary/aromatic N) is 1. The summed E-state index contributed by atoms with van der Waals surface area (Å²) < 4.78 is 36.3. The molecule has 0 fully saturated rings. The van der Waals surface area contributed by atoms with Gasteiger partial charge in [-0.05, 0) is 31.2 Å². The zero-order valence-corrected chi connectivity index (χ0v) is 12.6. The molecular weight excluding hydrogens is 313 g/mol. The van der Waals surface area contributed by atoms with Gasteiger partial charge in [-0.1, -0.05) is 0 Å². The maximum absolute atomic E-state index is 12.1. The summed E-state index contributed by atoms with van der Waals surface area (Å²) in [6, 6.07) is 5.87. The van der Waals surface area contributed by atoms with Crippen LogP contribution < -0.4 is 16.0 Å². The van der Waals surface area contributed by atoms with Crippen molar-refractivity contribution in [2.24, 2.45) is 4.99 Å². The standard InChI is InChI=1S/C14H19F3N4O2/c1-2-18-13(19-8-7-14(15,16)17)20-9-12(23)21-10-3-5-11(22)6-4-10/h3-6,22H,2,7-9H2,1H3,(H,21,23)(H2,18,19,20). The number of anilines is 1. The number of alkyl halides is 3. The van der Waals surface area contributed by atoms with Crippen LogP contribution in [-0.2, 0) is 4.79 Å². The van der Waals surface area contributed by atoms with E-state index >= 15 is 0 Å². The van der Waals surface area contributed by atoms with Crippen LogP contribution in [0.5, 0.6) is 5.75 Å². The Morgan fingerprint density at radius 2 is 1.87 bits per heavy atom. The summed E-state index contributed by atoms with van der Waals surface area (Å²) in [6.07, 6.45) is -5.24. The van der Waals surface area contributed by atoms with Gasteiger partial charge < -0.3 is 21.1 Å². The van der Waals surface area contributed by atoms with Crippen LogP contribution in [0.3, 0.4) is 0 Å². The lowest BCUT2D eigenvalue weighted by Crippen LogP contribution is -2.39. The molecule has 1 amide bonds. The summed E-state index contributed by atoms with van der Waals surface area (Å²) in [7, 11) is 0. The third-order valence-corrected chi connectivity index (χ3v) is 2.58. The summed E-state index contributed by atoms with van der Waals surface area (Å²) in [4.78, 5) is 15.6. The number of carbonyl (C=O) groups excluding carboxylic acids is 1. The van der Waals surface area contributed by atoms with Crippen LogP contribution in [0.15, 0.2) is 29.3 Å². The fourth-order valence-electron chi connectivity index (χ4n) is 1.56. The molecule has 0 heterocycles. The first kappa shape index (κ1) is 18.6. The molecule has 1 aromatic rings. The first-order valence-electron chi connectivity index (χ1n) is 6.98. The van der Waals surface area contributed by atoms with E-state index in [-0.39, 0.29) is 24.8 Å². The van der Waals surface area contributed by atoms with Crippen molar-refractivity contribution in [3.63, 3.8) is 0 Å². The monoisotopic (exact) mass is 332 g/mol. The minimum absolute atomic E-state index is 0.0734. The molecule has 0 aliphatic carbocycles. The number of nitrogens with one attached hydrogen (secondary N) is 3. The zero-order chi connectivity index (χ0) is 17.3. The van der Waals surface area contributed by atoms with Gasteiger partial charge in [0.05, 0.1) is 6.42 Å². The van der Waals surface area contributed by atoms with Crippen molar-refractivity contribution in [1.82, 2.24) is 10.6 Å². The molecule has 23 heavy (non-hydrogen) atoms. The molecule has 0 saturated heterocycles. The second-order valence-electron chi connectivity index (χ2n) is 4.58. The Bertz CT molecular complexity index is 530. The van der Waals surface area contributed by atoms with Crippen molar-refractivity contribution < 1.29 is 23.1 Å². The highest BCUT2D eigenvalue weighted by Gasteiger charge is 2.26. The van der Waals surface area contributed by atoms with Crippen LogP contribution in [0.25, 0.3) is 0 Å². The maximum Gasteiger partial charge on any atom is 0.390 e. The van der Waals surface area contributed by atoms with Crippen LogP contribution in [0.2, 0.25) is 0 Å². The van der Waals surface area contributed by atoms with Gasteiger partial charge in [-0.15, -0.1) is 0 Å². The lowest BCUT2D eigenvalue weighted by molar-refractivity contribution is -0.132. The van der Waals surface area contributed by atoms with E-state index in [4.69, 9.17) is 5.11 Å². The second-order valence-corrected chi connectivity index (χ2v) is 4.58. The van der Waals surface area contributed by atoms with Crippen LogP contribution in [0.4, 0.5) is 18.9 Å². The first-order valence-corrected chi connectivity index (χ1v) is 6.98. The van der Waals surface area contributed by atoms with E-state index in [2.05, 4.69) is 20.9 Å².